The number of likely N-dealkylation sites (tertiary alicyclic amines) is 1. The molecule has 0 radical (unpaired) electrons. The van der Waals surface area contributed by atoms with E-state index in [9.17, 15) is 9.59 Å². The monoisotopic (exact) mass is 286 g/mol. The van der Waals surface area contributed by atoms with Crippen LogP contribution in [0.4, 0.5) is 5.69 Å². The van der Waals surface area contributed by atoms with E-state index in [0.717, 1.165) is 43.5 Å². The van der Waals surface area contributed by atoms with Gasteiger partial charge in [-0.25, -0.2) is 0 Å². The molecule has 1 saturated heterocycles. The van der Waals surface area contributed by atoms with Crippen LogP contribution < -0.4 is 5.32 Å². The molecule has 1 unspecified atom stereocenters. The normalized spacial score (nSPS) is 21.1. The van der Waals surface area contributed by atoms with E-state index in [4.69, 9.17) is 0 Å². The Morgan fingerprint density at radius 1 is 1.38 bits per heavy atom. The van der Waals surface area contributed by atoms with Crippen LogP contribution in [0.1, 0.15) is 54.9 Å². The predicted octanol–water partition coefficient (Wildman–Crippen LogP) is 2.98. The lowest BCUT2D eigenvalue weighted by Gasteiger charge is -2.36. The highest BCUT2D eigenvalue weighted by Gasteiger charge is 2.28. The molecule has 2 aliphatic heterocycles. The van der Waals surface area contributed by atoms with Crippen molar-refractivity contribution in [3.8, 4) is 0 Å². The van der Waals surface area contributed by atoms with Gasteiger partial charge in [-0.3, -0.25) is 9.59 Å². The van der Waals surface area contributed by atoms with E-state index in [-0.39, 0.29) is 11.8 Å². The van der Waals surface area contributed by atoms with Crippen molar-refractivity contribution in [2.75, 3.05) is 11.9 Å². The number of amides is 2. The highest BCUT2D eigenvalue weighted by atomic mass is 16.2. The molecule has 2 heterocycles. The zero-order chi connectivity index (χ0) is 14.8. The number of anilines is 1. The summed E-state index contributed by atoms with van der Waals surface area (Å²) >= 11 is 0. The maximum absolute atomic E-state index is 12.8. The average Bonchev–Trinajstić information content (AvgIpc) is 2.86. The second kappa shape index (κ2) is 5.88. The van der Waals surface area contributed by atoms with Gasteiger partial charge in [0.2, 0.25) is 5.91 Å². The van der Waals surface area contributed by atoms with E-state index in [2.05, 4.69) is 12.2 Å². The number of carbonyl (C=O) groups is 2. The van der Waals surface area contributed by atoms with Crippen molar-refractivity contribution in [1.82, 2.24) is 4.90 Å². The summed E-state index contributed by atoms with van der Waals surface area (Å²) < 4.78 is 0. The quantitative estimate of drug-likeness (QED) is 0.928. The van der Waals surface area contributed by atoms with Gasteiger partial charge in [0.25, 0.3) is 5.91 Å². The lowest BCUT2D eigenvalue weighted by Crippen LogP contribution is -2.43. The third-order valence-corrected chi connectivity index (χ3v) is 4.49. The number of carbonyl (C=O) groups excluding carboxylic acids is 2. The Balaban J connectivity index is 1.81. The molecule has 0 bridgehead atoms. The van der Waals surface area contributed by atoms with Gasteiger partial charge in [-0.1, -0.05) is 13.3 Å². The highest BCUT2D eigenvalue weighted by Crippen LogP contribution is 2.27. The van der Waals surface area contributed by atoms with Gasteiger partial charge < -0.3 is 10.2 Å². The van der Waals surface area contributed by atoms with Crippen LogP contribution in [0.5, 0.6) is 0 Å². The summed E-state index contributed by atoms with van der Waals surface area (Å²) in [6.45, 7) is 3.03. The van der Waals surface area contributed by atoms with E-state index in [1.165, 1.54) is 6.42 Å². The number of hydrogen-bond acceptors (Lipinski definition) is 2. The second-order valence-electron chi connectivity index (χ2n) is 6.03. The van der Waals surface area contributed by atoms with Crippen molar-refractivity contribution in [3.63, 3.8) is 0 Å². The summed E-state index contributed by atoms with van der Waals surface area (Å²) in [6, 6.07) is 5.95. The van der Waals surface area contributed by atoms with Gasteiger partial charge >= 0.3 is 0 Å². The molecule has 1 aromatic rings. The zero-order valence-corrected chi connectivity index (χ0v) is 12.5. The van der Waals surface area contributed by atoms with E-state index in [1.54, 1.807) is 0 Å². The van der Waals surface area contributed by atoms with Gasteiger partial charge in [0, 0.05) is 23.8 Å². The van der Waals surface area contributed by atoms with Gasteiger partial charge in [0.1, 0.15) is 0 Å². The van der Waals surface area contributed by atoms with Gasteiger partial charge in [0.05, 0.1) is 6.42 Å². The van der Waals surface area contributed by atoms with E-state index in [0.29, 0.717) is 18.0 Å². The molecule has 2 amide bonds. The van der Waals surface area contributed by atoms with Crippen LogP contribution in [-0.4, -0.2) is 29.3 Å². The van der Waals surface area contributed by atoms with E-state index in [1.807, 2.05) is 23.1 Å². The second-order valence-corrected chi connectivity index (χ2v) is 6.03. The zero-order valence-electron chi connectivity index (χ0n) is 12.5. The molecule has 0 saturated carbocycles. The fourth-order valence-corrected chi connectivity index (χ4v) is 3.43. The fraction of sp³-hybridized carbons (Fsp3) is 0.529. The van der Waals surface area contributed by atoms with Crippen LogP contribution in [0.25, 0.3) is 0 Å². The van der Waals surface area contributed by atoms with Crippen molar-refractivity contribution < 1.29 is 9.59 Å². The van der Waals surface area contributed by atoms with Crippen LogP contribution in [-0.2, 0) is 11.2 Å². The van der Waals surface area contributed by atoms with E-state index >= 15 is 0 Å². The first-order valence-electron chi connectivity index (χ1n) is 7.93. The number of benzene rings is 1. The molecule has 1 fully saturated rings. The predicted molar refractivity (Wildman–Crippen MR) is 82.4 cm³/mol. The minimum atomic E-state index is 0.0106. The third kappa shape index (κ3) is 2.80. The van der Waals surface area contributed by atoms with E-state index < -0.39 is 0 Å². The van der Waals surface area contributed by atoms with Crippen LogP contribution in [0.3, 0.4) is 0 Å². The SMILES string of the molecule is CCCC1CCCCN1C(=O)c1ccc2c(c1)CC(=O)N2. The molecule has 3 rings (SSSR count). The minimum absolute atomic E-state index is 0.0106. The third-order valence-electron chi connectivity index (χ3n) is 4.49. The summed E-state index contributed by atoms with van der Waals surface area (Å²) in [6.07, 6.45) is 6.00. The van der Waals surface area contributed by atoms with Gasteiger partial charge in [-0.15, -0.1) is 0 Å². The maximum atomic E-state index is 12.8. The molecule has 1 aromatic carbocycles. The lowest BCUT2D eigenvalue weighted by atomic mass is 9.97. The number of nitrogens with zero attached hydrogens (tertiary/aromatic N) is 1. The van der Waals surface area contributed by atoms with Crippen molar-refractivity contribution in [2.45, 2.75) is 51.5 Å². The molecule has 112 valence electrons. The standard InChI is InChI=1S/C17H22N2O2/c1-2-5-14-6-3-4-9-19(14)17(21)12-7-8-15-13(10-12)11-16(20)18-15/h7-8,10,14H,2-6,9,11H2,1H3,(H,18,20). The van der Waals surface area contributed by atoms with Crippen molar-refractivity contribution in [1.29, 1.82) is 0 Å². The van der Waals surface area contributed by atoms with Crippen molar-refractivity contribution in [2.24, 2.45) is 0 Å². The number of hydrogen-bond donors (Lipinski definition) is 1. The smallest absolute Gasteiger partial charge is 0.254 e. The van der Waals surface area contributed by atoms with Crippen molar-refractivity contribution >= 4 is 17.5 Å². The summed E-state index contributed by atoms with van der Waals surface area (Å²) in [5, 5.41) is 2.81. The Kier molecular flexibility index (Phi) is 3.95. The van der Waals surface area contributed by atoms with Gasteiger partial charge in [-0.2, -0.15) is 0 Å². The fourth-order valence-electron chi connectivity index (χ4n) is 3.43. The Hall–Kier alpha value is -1.84. The molecule has 21 heavy (non-hydrogen) atoms. The summed E-state index contributed by atoms with van der Waals surface area (Å²) in [7, 11) is 0. The largest absolute Gasteiger partial charge is 0.336 e. The topological polar surface area (TPSA) is 49.4 Å². The molecule has 0 spiro atoms. The lowest BCUT2D eigenvalue weighted by molar-refractivity contribution is -0.115. The molecule has 1 N–H and O–H groups in total. The Morgan fingerprint density at radius 2 is 2.24 bits per heavy atom. The van der Waals surface area contributed by atoms with Gasteiger partial charge in [0.15, 0.2) is 0 Å². The van der Waals surface area contributed by atoms with Crippen molar-refractivity contribution in [3.05, 3.63) is 29.3 Å². The number of piperidine rings is 1. The molecule has 0 aliphatic carbocycles. The van der Waals surface area contributed by atoms with Crippen LogP contribution in [0.2, 0.25) is 0 Å². The Labute approximate surface area is 125 Å². The molecular formula is C17H22N2O2. The first-order valence-corrected chi connectivity index (χ1v) is 7.93. The summed E-state index contributed by atoms with van der Waals surface area (Å²) in [5.74, 6) is 0.131. The molecule has 2 aliphatic rings. The number of nitrogens with one attached hydrogen (secondary N) is 1. The van der Waals surface area contributed by atoms with Crippen LogP contribution in [0.15, 0.2) is 18.2 Å². The van der Waals surface area contributed by atoms with Crippen LogP contribution >= 0.6 is 0 Å². The molecular weight excluding hydrogens is 264 g/mol. The molecule has 0 aromatic heterocycles. The molecule has 1 atom stereocenters. The molecule has 4 nitrogen and oxygen atoms in total. The first kappa shape index (κ1) is 14.1. The summed E-state index contributed by atoms with van der Waals surface area (Å²) in [4.78, 5) is 26.2. The maximum Gasteiger partial charge on any atom is 0.254 e. The highest BCUT2D eigenvalue weighted by molar-refractivity contribution is 6.01. The Bertz CT molecular complexity index is 566. The van der Waals surface area contributed by atoms with Crippen LogP contribution in [0, 0.1) is 0 Å². The minimum Gasteiger partial charge on any atom is -0.336 e. The van der Waals surface area contributed by atoms with Gasteiger partial charge in [-0.05, 0) is 49.4 Å². The first-order chi connectivity index (χ1) is 10.2. The number of rotatable bonds is 3. The average molecular weight is 286 g/mol. The Morgan fingerprint density at radius 3 is 3.05 bits per heavy atom. The molecule has 4 heteroatoms. The summed E-state index contributed by atoms with van der Waals surface area (Å²) in [5.41, 5.74) is 2.50. The number of fused-ring (bicyclic) bond motifs is 1.